The van der Waals surface area contributed by atoms with Crippen molar-refractivity contribution in [2.75, 3.05) is 6.61 Å². The molecule has 3 aromatic rings. The van der Waals surface area contributed by atoms with E-state index in [9.17, 15) is 0 Å². The van der Waals surface area contributed by atoms with E-state index in [-0.39, 0.29) is 0 Å². The van der Waals surface area contributed by atoms with Crippen LogP contribution in [-0.4, -0.2) is 27.2 Å². The maximum atomic E-state index is 5.83. The molecular formula is C18H18N4O. The number of hydrogen-bond donors (Lipinski definition) is 1. The minimum atomic E-state index is 0.310. The van der Waals surface area contributed by atoms with E-state index in [1.54, 1.807) is 12.4 Å². The Morgan fingerprint density at radius 2 is 1.96 bits per heavy atom. The van der Waals surface area contributed by atoms with Crippen molar-refractivity contribution in [1.29, 1.82) is 0 Å². The number of nitrogens with zero attached hydrogens (tertiary/aromatic N) is 3. The highest BCUT2D eigenvalue weighted by Crippen LogP contribution is 2.24. The number of fused-ring (bicyclic) bond motifs is 1. The molecule has 0 amide bonds. The van der Waals surface area contributed by atoms with Crippen LogP contribution in [0.15, 0.2) is 61.1 Å². The SMILES string of the molecule is c1cnc(-n2cccc2CN[C@H]2COc3ccccc3C2)nc1. The maximum Gasteiger partial charge on any atom is 0.233 e. The van der Waals surface area contributed by atoms with Gasteiger partial charge in [-0.2, -0.15) is 0 Å². The first-order valence-corrected chi connectivity index (χ1v) is 7.78. The molecule has 0 aliphatic carbocycles. The van der Waals surface area contributed by atoms with Gasteiger partial charge >= 0.3 is 0 Å². The first-order valence-electron chi connectivity index (χ1n) is 7.78. The third-order valence-electron chi connectivity index (χ3n) is 4.05. The van der Waals surface area contributed by atoms with E-state index >= 15 is 0 Å². The molecule has 1 aliphatic heterocycles. The number of benzene rings is 1. The Morgan fingerprint density at radius 1 is 1.09 bits per heavy atom. The summed E-state index contributed by atoms with van der Waals surface area (Å²) in [7, 11) is 0. The second-order valence-electron chi connectivity index (χ2n) is 5.62. The minimum absolute atomic E-state index is 0.310. The van der Waals surface area contributed by atoms with E-state index in [0.29, 0.717) is 18.6 Å². The highest BCUT2D eigenvalue weighted by Gasteiger charge is 2.19. The zero-order valence-corrected chi connectivity index (χ0v) is 12.7. The van der Waals surface area contributed by atoms with Crippen molar-refractivity contribution in [2.45, 2.75) is 19.0 Å². The topological polar surface area (TPSA) is 52.0 Å². The van der Waals surface area contributed by atoms with Crippen LogP contribution in [0.5, 0.6) is 5.75 Å². The lowest BCUT2D eigenvalue weighted by Gasteiger charge is -2.26. The van der Waals surface area contributed by atoms with E-state index in [0.717, 1.165) is 24.4 Å². The number of hydrogen-bond acceptors (Lipinski definition) is 4. The van der Waals surface area contributed by atoms with Crippen LogP contribution < -0.4 is 10.1 Å². The van der Waals surface area contributed by atoms with E-state index in [4.69, 9.17) is 4.74 Å². The summed E-state index contributed by atoms with van der Waals surface area (Å²) in [5.41, 5.74) is 2.40. The number of nitrogens with one attached hydrogen (secondary N) is 1. The first kappa shape index (κ1) is 14.0. The standard InChI is InChI=1S/C18H18N4O/c1-2-7-17-14(5-1)11-15(13-23-17)21-12-16-6-3-10-22(16)18-19-8-4-9-20-18/h1-10,15,21H,11-13H2/t15-/m1/s1. The second-order valence-corrected chi connectivity index (χ2v) is 5.62. The molecule has 23 heavy (non-hydrogen) atoms. The van der Waals surface area contributed by atoms with Gasteiger partial charge in [-0.15, -0.1) is 0 Å². The fourth-order valence-electron chi connectivity index (χ4n) is 2.88. The van der Waals surface area contributed by atoms with Gasteiger partial charge in [0, 0.05) is 36.9 Å². The fraction of sp³-hybridized carbons (Fsp3) is 0.222. The summed E-state index contributed by atoms with van der Waals surface area (Å²) < 4.78 is 7.83. The Hall–Kier alpha value is -2.66. The highest BCUT2D eigenvalue weighted by atomic mass is 16.5. The summed E-state index contributed by atoms with van der Waals surface area (Å²) in [5.74, 6) is 1.70. The third-order valence-corrected chi connectivity index (χ3v) is 4.05. The van der Waals surface area contributed by atoms with E-state index in [1.165, 1.54) is 5.56 Å². The van der Waals surface area contributed by atoms with Gasteiger partial charge in [0.05, 0.1) is 0 Å². The van der Waals surface area contributed by atoms with Crippen LogP contribution in [-0.2, 0) is 13.0 Å². The average Bonchev–Trinajstić information content (AvgIpc) is 3.09. The van der Waals surface area contributed by atoms with Crippen molar-refractivity contribution in [3.8, 4) is 11.7 Å². The molecule has 0 bridgehead atoms. The summed E-state index contributed by atoms with van der Waals surface area (Å²) in [6, 6.07) is 14.5. The number of aromatic nitrogens is 3. The molecule has 1 aromatic carbocycles. The molecule has 0 spiro atoms. The molecular weight excluding hydrogens is 288 g/mol. The van der Waals surface area contributed by atoms with Gasteiger partial charge < -0.3 is 10.1 Å². The smallest absolute Gasteiger partial charge is 0.233 e. The van der Waals surface area contributed by atoms with Crippen molar-refractivity contribution in [2.24, 2.45) is 0 Å². The monoisotopic (exact) mass is 306 g/mol. The molecule has 4 rings (SSSR count). The molecule has 0 saturated carbocycles. The van der Waals surface area contributed by atoms with Gasteiger partial charge in [0.1, 0.15) is 12.4 Å². The van der Waals surface area contributed by atoms with Crippen LogP contribution >= 0.6 is 0 Å². The van der Waals surface area contributed by atoms with Crippen molar-refractivity contribution in [1.82, 2.24) is 19.9 Å². The van der Waals surface area contributed by atoms with Crippen molar-refractivity contribution < 1.29 is 4.74 Å². The molecule has 2 aromatic heterocycles. The number of rotatable bonds is 4. The lowest BCUT2D eigenvalue weighted by atomic mass is 10.0. The Bertz CT molecular complexity index is 784. The fourth-order valence-corrected chi connectivity index (χ4v) is 2.88. The molecule has 0 saturated heterocycles. The minimum Gasteiger partial charge on any atom is -0.492 e. The van der Waals surface area contributed by atoms with Crippen LogP contribution in [0, 0.1) is 0 Å². The molecule has 1 atom stereocenters. The Balaban J connectivity index is 1.44. The second kappa shape index (κ2) is 6.22. The van der Waals surface area contributed by atoms with Gasteiger partial charge in [0.25, 0.3) is 0 Å². The van der Waals surface area contributed by atoms with Crippen molar-refractivity contribution >= 4 is 0 Å². The van der Waals surface area contributed by atoms with Crippen LogP contribution in [0.4, 0.5) is 0 Å². The Kier molecular flexibility index (Phi) is 3.78. The van der Waals surface area contributed by atoms with Gasteiger partial charge in [-0.05, 0) is 36.2 Å². The molecule has 116 valence electrons. The average molecular weight is 306 g/mol. The van der Waals surface area contributed by atoms with Crippen LogP contribution in [0.1, 0.15) is 11.3 Å². The molecule has 5 heteroatoms. The molecule has 1 aliphatic rings. The Labute approximate surface area is 135 Å². The molecule has 5 nitrogen and oxygen atoms in total. The van der Waals surface area contributed by atoms with Gasteiger partial charge in [-0.25, -0.2) is 9.97 Å². The molecule has 0 unspecified atom stereocenters. The largest absolute Gasteiger partial charge is 0.492 e. The van der Waals surface area contributed by atoms with Crippen molar-refractivity contribution in [3.63, 3.8) is 0 Å². The van der Waals surface area contributed by atoms with Crippen LogP contribution in [0.2, 0.25) is 0 Å². The maximum absolute atomic E-state index is 5.83. The lowest BCUT2D eigenvalue weighted by molar-refractivity contribution is 0.237. The molecule has 0 radical (unpaired) electrons. The molecule has 1 N–H and O–H groups in total. The summed E-state index contributed by atoms with van der Waals surface area (Å²) in [6.07, 6.45) is 6.48. The van der Waals surface area contributed by atoms with Gasteiger partial charge in [-0.1, -0.05) is 18.2 Å². The number of ether oxygens (including phenoxy) is 1. The van der Waals surface area contributed by atoms with Crippen LogP contribution in [0.25, 0.3) is 5.95 Å². The summed E-state index contributed by atoms with van der Waals surface area (Å²) in [4.78, 5) is 8.61. The summed E-state index contributed by atoms with van der Waals surface area (Å²) in [5, 5.41) is 3.57. The first-order chi connectivity index (χ1) is 11.4. The quantitative estimate of drug-likeness (QED) is 0.804. The van der Waals surface area contributed by atoms with E-state index in [2.05, 4.69) is 33.5 Å². The third kappa shape index (κ3) is 2.96. The van der Waals surface area contributed by atoms with Gasteiger partial charge in [0.2, 0.25) is 5.95 Å². The van der Waals surface area contributed by atoms with Gasteiger partial charge in [0.15, 0.2) is 0 Å². The molecule has 3 heterocycles. The van der Waals surface area contributed by atoms with Crippen molar-refractivity contribution in [3.05, 3.63) is 72.3 Å². The normalized spacial score (nSPS) is 16.6. The van der Waals surface area contributed by atoms with Gasteiger partial charge in [-0.3, -0.25) is 4.57 Å². The summed E-state index contributed by atoms with van der Waals surface area (Å²) >= 11 is 0. The number of para-hydroxylation sites is 1. The van der Waals surface area contributed by atoms with Crippen LogP contribution in [0.3, 0.4) is 0 Å². The molecule has 0 fully saturated rings. The summed E-state index contributed by atoms with van der Waals surface area (Å²) in [6.45, 7) is 1.45. The lowest BCUT2D eigenvalue weighted by Crippen LogP contribution is -2.39. The zero-order chi connectivity index (χ0) is 15.5. The van der Waals surface area contributed by atoms with E-state index < -0.39 is 0 Å². The Morgan fingerprint density at radius 3 is 2.87 bits per heavy atom. The highest BCUT2D eigenvalue weighted by molar-refractivity contribution is 5.35. The predicted octanol–water partition coefficient (Wildman–Crippen LogP) is 2.36. The zero-order valence-electron chi connectivity index (χ0n) is 12.7. The van der Waals surface area contributed by atoms with E-state index in [1.807, 2.05) is 35.0 Å². The predicted molar refractivity (Wildman–Crippen MR) is 87.6 cm³/mol.